The van der Waals surface area contributed by atoms with Gasteiger partial charge < -0.3 is 5.73 Å². The van der Waals surface area contributed by atoms with E-state index in [0.29, 0.717) is 5.82 Å². The largest absolute Gasteiger partial charge is 0.383 e. The molecule has 0 bridgehead atoms. The molecule has 2 heteroatoms. The molecule has 0 unspecified atom stereocenters. The van der Waals surface area contributed by atoms with E-state index in [1.165, 1.54) is 5.56 Å². The van der Waals surface area contributed by atoms with E-state index in [2.05, 4.69) is 35.0 Å². The van der Waals surface area contributed by atoms with Gasteiger partial charge in [-0.05, 0) is 30.0 Å². The number of rotatable bonds is 1. The van der Waals surface area contributed by atoms with Crippen LogP contribution in [0.1, 0.15) is 12.5 Å². The van der Waals surface area contributed by atoms with Crippen molar-refractivity contribution in [3.05, 3.63) is 48.0 Å². The number of nitrogens with two attached hydrogens (primary N) is 1. The highest BCUT2D eigenvalue weighted by molar-refractivity contribution is 6.09. The molecule has 1 heterocycles. The first-order valence-corrected chi connectivity index (χ1v) is 6.26. The third kappa shape index (κ3) is 2.00. The zero-order chi connectivity index (χ0) is 13.2. The Morgan fingerprint density at radius 1 is 1.05 bits per heavy atom. The number of hydrogen-bond donors (Lipinski definition) is 1. The van der Waals surface area contributed by atoms with Crippen molar-refractivity contribution < 1.29 is 0 Å². The monoisotopic (exact) mass is 246 g/mol. The average molecular weight is 246 g/mol. The maximum Gasteiger partial charge on any atom is 0.131 e. The zero-order valence-electron chi connectivity index (χ0n) is 10.8. The Labute approximate surface area is 112 Å². The van der Waals surface area contributed by atoms with Crippen molar-refractivity contribution in [2.45, 2.75) is 13.3 Å². The smallest absolute Gasteiger partial charge is 0.131 e. The molecule has 1 aromatic heterocycles. The molecule has 0 saturated carbocycles. The second-order valence-corrected chi connectivity index (χ2v) is 4.50. The van der Waals surface area contributed by atoms with Crippen molar-refractivity contribution in [2.75, 3.05) is 5.73 Å². The third-order valence-corrected chi connectivity index (χ3v) is 3.26. The summed E-state index contributed by atoms with van der Waals surface area (Å²) < 4.78 is 0. The van der Waals surface area contributed by atoms with Crippen molar-refractivity contribution in [2.24, 2.45) is 0 Å². The minimum atomic E-state index is 0.587. The average Bonchev–Trinajstić information content (AvgIpc) is 2.46. The Bertz CT molecular complexity index is 823. The van der Waals surface area contributed by atoms with Gasteiger partial charge in [-0.15, -0.1) is 5.92 Å². The molecule has 0 spiro atoms. The maximum atomic E-state index is 6.01. The van der Waals surface area contributed by atoms with E-state index in [9.17, 15) is 0 Å². The van der Waals surface area contributed by atoms with E-state index in [1.54, 1.807) is 0 Å². The van der Waals surface area contributed by atoms with Gasteiger partial charge in [-0.1, -0.05) is 36.3 Å². The highest BCUT2D eigenvalue weighted by atomic mass is 14.8. The summed E-state index contributed by atoms with van der Waals surface area (Å²) in [5, 5.41) is 3.30. The summed E-state index contributed by atoms with van der Waals surface area (Å²) in [4.78, 5) is 4.47. The van der Waals surface area contributed by atoms with Gasteiger partial charge in [-0.2, -0.15) is 0 Å². The molecule has 2 nitrogen and oxygen atoms in total. The molecule has 19 heavy (non-hydrogen) atoms. The lowest BCUT2D eigenvalue weighted by molar-refractivity contribution is 1.32. The van der Waals surface area contributed by atoms with Gasteiger partial charge in [0.15, 0.2) is 0 Å². The molecule has 92 valence electrons. The van der Waals surface area contributed by atoms with Crippen LogP contribution in [0.5, 0.6) is 0 Å². The quantitative estimate of drug-likeness (QED) is 0.527. The van der Waals surface area contributed by atoms with Crippen LogP contribution in [0.3, 0.4) is 0 Å². The minimum absolute atomic E-state index is 0.587. The van der Waals surface area contributed by atoms with Gasteiger partial charge >= 0.3 is 0 Å². The summed E-state index contributed by atoms with van der Waals surface area (Å²) in [6.07, 6.45) is 0.769. The second kappa shape index (κ2) is 4.62. The van der Waals surface area contributed by atoms with E-state index in [1.807, 2.05) is 31.2 Å². The number of benzene rings is 2. The summed E-state index contributed by atoms with van der Waals surface area (Å²) in [6.45, 7) is 1.86. The molecular weight excluding hydrogens is 232 g/mol. The molecule has 0 fully saturated rings. The lowest BCUT2D eigenvalue weighted by atomic mass is 10.0. The minimum Gasteiger partial charge on any atom is -0.383 e. The molecule has 3 rings (SSSR count). The van der Waals surface area contributed by atoms with Crippen LogP contribution in [0, 0.1) is 11.8 Å². The first-order valence-electron chi connectivity index (χ1n) is 6.26. The standard InChI is InChI=1S/C17H14N2/c1-2-3-6-12-9-10-16-15(11-12)13-7-4-5-8-14(13)17(18)19-16/h4-5,7-11H,6H2,1H3,(H2,18,19). The van der Waals surface area contributed by atoms with Crippen LogP contribution in [0.15, 0.2) is 42.5 Å². The molecule has 0 atom stereocenters. The first-order chi connectivity index (χ1) is 9.29. The van der Waals surface area contributed by atoms with Crippen LogP contribution in [-0.4, -0.2) is 4.98 Å². The summed E-state index contributed by atoms with van der Waals surface area (Å²) in [7, 11) is 0. The van der Waals surface area contributed by atoms with Crippen LogP contribution in [-0.2, 0) is 6.42 Å². The van der Waals surface area contributed by atoms with Gasteiger partial charge in [0.25, 0.3) is 0 Å². The summed E-state index contributed by atoms with van der Waals surface area (Å²) in [5.74, 6) is 6.61. The molecule has 2 N–H and O–H groups in total. The highest BCUT2D eigenvalue weighted by Crippen LogP contribution is 2.28. The fourth-order valence-electron chi connectivity index (χ4n) is 2.33. The summed E-state index contributed by atoms with van der Waals surface area (Å²) >= 11 is 0. The van der Waals surface area contributed by atoms with Crippen molar-refractivity contribution in [3.8, 4) is 11.8 Å². The lowest BCUT2D eigenvalue weighted by Crippen LogP contribution is -1.94. The Morgan fingerprint density at radius 2 is 1.84 bits per heavy atom. The number of nitrogen functional groups attached to an aromatic ring is 1. The molecule has 0 saturated heterocycles. The van der Waals surface area contributed by atoms with E-state index >= 15 is 0 Å². The molecular formula is C17H14N2. The van der Waals surface area contributed by atoms with Gasteiger partial charge in [0.05, 0.1) is 5.52 Å². The maximum absolute atomic E-state index is 6.01. The Balaban J connectivity index is 2.33. The van der Waals surface area contributed by atoms with Crippen molar-refractivity contribution in [1.82, 2.24) is 4.98 Å². The van der Waals surface area contributed by atoms with E-state index < -0.39 is 0 Å². The number of anilines is 1. The van der Waals surface area contributed by atoms with Crippen LogP contribution < -0.4 is 5.73 Å². The summed E-state index contributed by atoms with van der Waals surface area (Å²) in [6, 6.07) is 14.4. The van der Waals surface area contributed by atoms with Crippen LogP contribution in [0.25, 0.3) is 21.7 Å². The molecule has 0 radical (unpaired) electrons. The van der Waals surface area contributed by atoms with Crippen LogP contribution >= 0.6 is 0 Å². The Kier molecular flexibility index (Phi) is 2.81. The topological polar surface area (TPSA) is 38.9 Å². The molecule has 0 aliphatic carbocycles. The Hall–Kier alpha value is -2.53. The lowest BCUT2D eigenvalue weighted by Gasteiger charge is -2.07. The van der Waals surface area contributed by atoms with E-state index in [0.717, 1.165) is 28.1 Å². The summed E-state index contributed by atoms with van der Waals surface area (Å²) in [5.41, 5.74) is 8.15. The molecule has 3 aromatic rings. The fourth-order valence-corrected chi connectivity index (χ4v) is 2.33. The molecule has 0 amide bonds. The zero-order valence-corrected chi connectivity index (χ0v) is 10.8. The molecule has 2 aromatic carbocycles. The van der Waals surface area contributed by atoms with Gasteiger partial charge in [0, 0.05) is 17.2 Å². The first kappa shape index (κ1) is 11.6. The van der Waals surface area contributed by atoms with Gasteiger partial charge in [-0.3, -0.25) is 0 Å². The van der Waals surface area contributed by atoms with Crippen LogP contribution in [0.2, 0.25) is 0 Å². The predicted molar refractivity (Wildman–Crippen MR) is 80.8 cm³/mol. The number of hydrogen-bond acceptors (Lipinski definition) is 2. The number of pyridine rings is 1. The van der Waals surface area contributed by atoms with E-state index in [4.69, 9.17) is 5.73 Å². The molecule has 0 aliphatic rings. The van der Waals surface area contributed by atoms with Crippen molar-refractivity contribution in [3.63, 3.8) is 0 Å². The van der Waals surface area contributed by atoms with Gasteiger partial charge in [-0.25, -0.2) is 4.98 Å². The third-order valence-electron chi connectivity index (χ3n) is 3.26. The second-order valence-electron chi connectivity index (χ2n) is 4.50. The van der Waals surface area contributed by atoms with Gasteiger partial charge in [0.2, 0.25) is 0 Å². The van der Waals surface area contributed by atoms with Crippen molar-refractivity contribution in [1.29, 1.82) is 0 Å². The normalized spacial score (nSPS) is 10.4. The van der Waals surface area contributed by atoms with Crippen molar-refractivity contribution >= 4 is 27.5 Å². The SMILES string of the molecule is CC#CCc1ccc2nc(N)c3ccccc3c2c1. The predicted octanol–water partition coefficient (Wildman–Crippen LogP) is 3.54. The van der Waals surface area contributed by atoms with Gasteiger partial charge in [0.1, 0.15) is 5.82 Å². The Morgan fingerprint density at radius 3 is 2.63 bits per heavy atom. The number of aromatic nitrogens is 1. The number of fused-ring (bicyclic) bond motifs is 3. The highest BCUT2D eigenvalue weighted by Gasteiger charge is 2.05. The molecule has 0 aliphatic heterocycles. The number of nitrogens with zero attached hydrogens (tertiary/aromatic N) is 1. The van der Waals surface area contributed by atoms with E-state index in [-0.39, 0.29) is 0 Å². The fraction of sp³-hybridized carbons (Fsp3) is 0.118. The van der Waals surface area contributed by atoms with Crippen LogP contribution in [0.4, 0.5) is 5.82 Å².